The number of rotatable bonds is 5. The molecule has 0 saturated heterocycles. The highest BCUT2D eigenvalue weighted by atomic mass is 79.9. The van der Waals surface area contributed by atoms with E-state index in [2.05, 4.69) is 31.2 Å². The van der Waals surface area contributed by atoms with Gasteiger partial charge in [0.1, 0.15) is 5.82 Å². The highest BCUT2D eigenvalue weighted by molar-refractivity contribution is 9.10. The second kappa shape index (κ2) is 5.67. The maximum absolute atomic E-state index is 5.62. The van der Waals surface area contributed by atoms with Gasteiger partial charge in [0.15, 0.2) is 0 Å². The summed E-state index contributed by atoms with van der Waals surface area (Å²) in [5.41, 5.74) is 6.27. The fourth-order valence-electron chi connectivity index (χ4n) is 1.47. The molecule has 0 aliphatic rings. The van der Waals surface area contributed by atoms with Crippen LogP contribution in [0.2, 0.25) is 0 Å². The molecular formula is C11H14BrN5. The molecule has 2 aromatic heterocycles. The van der Waals surface area contributed by atoms with Crippen LogP contribution in [0, 0.1) is 0 Å². The van der Waals surface area contributed by atoms with Crippen LogP contribution in [0.25, 0.3) is 0 Å². The zero-order valence-electron chi connectivity index (χ0n) is 9.31. The monoisotopic (exact) mass is 295 g/mol. The predicted octanol–water partition coefficient (Wildman–Crippen LogP) is 2.12. The molecule has 0 amide bonds. The van der Waals surface area contributed by atoms with Gasteiger partial charge < -0.3 is 15.6 Å². The number of nitrogens with one attached hydrogen (secondary N) is 1. The Morgan fingerprint density at radius 1 is 1.47 bits per heavy atom. The maximum Gasteiger partial charge on any atom is 0.140 e. The van der Waals surface area contributed by atoms with Crippen molar-refractivity contribution in [3.8, 4) is 0 Å². The van der Waals surface area contributed by atoms with Gasteiger partial charge in [0, 0.05) is 25.5 Å². The van der Waals surface area contributed by atoms with Crippen molar-refractivity contribution in [2.45, 2.75) is 13.0 Å². The lowest BCUT2D eigenvalue weighted by Crippen LogP contribution is -2.07. The van der Waals surface area contributed by atoms with Gasteiger partial charge in [-0.15, -0.1) is 0 Å². The van der Waals surface area contributed by atoms with Crippen LogP contribution in [0.4, 0.5) is 11.5 Å². The zero-order chi connectivity index (χ0) is 12.1. The average molecular weight is 296 g/mol. The van der Waals surface area contributed by atoms with Crippen molar-refractivity contribution in [3.63, 3.8) is 0 Å². The molecule has 0 aromatic carbocycles. The molecule has 6 heteroatoms. The van der Waals surface area contributed by atoms with Gasteiger partial charge in [-0.25, -0.2) is 9.97 Å². The van der Waals surface area contributed by atoms with Gasteiger partial charge in [-0.2, -0.15) is 0 Å². The summed E-state index contributed by atoms with van der Waals surface area (Å²) >= 11 is 3.42. The number of nitrogens with zero attached hydrogens (tertiary/aromatic N) is 3. The molecule has 3 N–H and O–H groups in total. The molecule has 0 unspecified atom stereocenters. The highest BCUT2D eigenvalue weighted by Crippen LogP contribution is 2.21. The van der Waals surface area contributed by atoms with Crippen molar-refractivity contribution in [2.24, 2.45) is 0 Å². The molecule has 0 spiro atoms. The lowest BCUT2D eigenvalue weighted by molar-refractivity contribution is 0.660. The van der Waals surface area contributed by atoms with E-state index in [9.17, 15) is 0 Å². The first-order valence-corrected chi connectivity index (χ1v) is 6.15. The van der Waals surface area contributed by atoms with Gasteiger partial charge in [0.05, 0.1) is 22.7 Å². The fourth-order valence-corrected chi connectivity index (χ4v) is 1.98. The Kier molecular flexibility index (Phi) is 3.98. The van der Waals surface area contributed by atoms with E-state index in [4.69, 9.17) is 5.73 Å². The van der Waals surface area contributed by atoms with E-state index in [0.29, 0.717) is 5.69 Å². The van der Waals surface area contributed by atoms with Crippen LogP contribution in [0.3, 0.4) is 0 Å². The molecule has 0 atom stereocenters. The lowest BCUT2D eigenvalue weighted by Gasteiger charge is -2.08. The summed E-state index contributed by atoms with van der Waals surface area (Å²) < 4.78 is 2.94. The molecule has 2 heterocycles. The summed E-state index contributed by atoms with van der Waals surface area (Å²) in [4.78, 5) is 8.20. The Bertz CT molecular complexity index is 469. The Labute approximate surface area is 108 Å². The summed E-state index contributed by atoms with van der Waals surface area (Å²) in [5.74, 6) is 0.824. The largest absolute Gasteiger partial charge is 0.397 e. The smallest absolute Gasteiger partial charge is 0.140 e. The van der Waals surface area contributed by atoms with Crippen molar-refractivity contribution < 1.29 is 0 Å². The Hall–Kier alpha value is -1.56. The summed E-state index contributed by atoms with van der Waals surface area (Å²) in [7, 11) is 0. The molecule has 2 aromatic rings. The van der Waals surface area contributed by atoms with Crippen LogP contribution in [0.5, 0.6) is 0 Å². The average Bonchev–Trinajstić information content (AvgIpc) is 2.79. The van der Waals surface area contributed by atoms with Gasteiger partial charge in [0.2, 0.25) is 0 Å². The van der Waals surface area contributed by atoms with Gasteiger partial charge in [-0.05, 0) is 28.4 Å². The number of pyridine rings is 1. The molecule has 0 fully saturated rings. The summed E-state index contributed by atoms with van der Waals surface area (Å²) in [6, 6.07) is 1.84. The van der Waals surface area contributed by atoms with Crippen LogP contribution in [-0.4, -0.2) is 21.1 Å². The third kappa shape index (κ3) is 3.45. The van der Waals surface area contributed by atoms with Crippen LogP contribution in [0.1, 0.15) is 6.42 Å². The SMILES string of the molecule is Nc1cnc(NCCCn2ccnc2)c(Br)c1. The number of aryl methyl sites for hydroxylation is 1. The molecule has 0 radical (unpaired) electrons. The predicted molar refractivity (Wildman–Crippen MR) is 71.7 cm³/mol. The number of anilines is 2. The molecule has 5 nitrogen and oxygen atoms in total. The Morgan fingerprint density at radius 3 is 3.06 bits per heavy atom. The van der Waals surface area contributed by atoms with E-state index >= 15 is 0 Å². The topological polar surface area (TPSA) is 68.8 Å². The van der Waals surface area contributed by atoms with Gasteiger partial charge in [-0.3, -0.25) is 0 Å². The Morgan fingerprint density at radius 2 is 2.35 bits per heavy atom. The lowest BCUT2D eigenvalue weighted by atomic mass is 10.4. The zero-order valence-corrected chi connectivity index (χ0v) is 10.9. The number of hydrogen-bond donors (Lipinski definition) is 2. The first-order chi connectivity index (χ1) is 8.25. The summed E-state index contributed by atoms with van der Waals surface area (Å²) in [6.07, 6.45) is 8.21. The minimum atomic E-state index is 0.654. The number of nitrogens with two attached hydrogens (primary N) is 1. The van der Waals surface area contributed by atoms with Gasteiger partial charge in [-0.1, -0.05) is 0 Å². The summed E-state index contributed by atoms with van der Waals surface area (Å²) in [6.45, 7) is 1.80. The normalized spacial score (nSPS) is 10.4. The van der Waals surface area contributed by atoms with E-state index < -0.39 is 0 Å². The molecule has 90 valence electrons. The van der Waals surface area contributed by atoms with Crippen LogP contribution < -0.4 is 11.1 Å². The first kappa shape index (κ1) is 11.9. The second-order valence-corrected chi connectivity index (χ2v) is 4.53. The number of halogens is 1. The van der Waals surface area contributed by atoms with E-state index in [0.717, 1.165) is 29.8 Å². The molecule has 2 rings (SSSR count). The van der Waals surface area contributed by atoms with E-state index in [1.807, 2.05) is 23.2 Å². The molecular weight excluding hydrogens is 282 g/mol. The highest BCUT2D eigenvalue weighted by Gasteiger charge is 2.00. The van der Waals surface area contributed by atoms with Crippen LogP contribution in [0.15, 0.2) is 35.5 Å². The van der Waals surface area contributed by atoms with Crippen molar-refractivity contribution in [1.82, 2.24) is 14.5 Å². The molecule has 0 aliphatic carbocycles. The van der Waals surface area contributed by atoms with Crippen molar-refractivity contribution in [3.05, 3.63) is 35.5 Å². The van der Waals surface area contributed by atoms with E-state index in [-0.39, 0.29) is 0 Å². The van der Waals surface area contributed by atoms with Crippen molar-refractivity contribution in [2.75, 3.05) is 17.6 Å². The van der Waals surface area contributed by atoms with E-state index in [1.165, 1.54) is 0 Å². The minimum Gasteiger partial charge on any atom is -0.397 e. The maximum atomic E-state index is 5.62. The van der Waals surface area contributed by atoms with Crippen LogP contribution >= 0.6 is 15.9 Å². The van der Waals surface area contributed by atoms with Gasteiger partial charge in [0.25, 0.3) is 0 Å². The Balaban J connectivity index is 1.78. The first-order valence-electron chi connectivity index (χ1n) is 5.36. The van der Waals surface area contributed by atoms with E-state index in [1.54, 1.807) is 12.4 Å². The third-order valence-corrected chi connectivity index (χ3v) is 2.91. The number of imidazole rings is 1. The molecule has 0 bridgehead atoms. The molecule has 0 saturated carbocycles. The van der Waals surface area contributed by atoms with Crippen molar-refractivity contribution in [1.29, 1.82) is 0 Å². The fraction of sp³-hybridized carbons (Fsp3) is 0.273. The standard InChI is InChI=1S/C11H14BrN5/c12-10-6-9(13)7-16-11(10)15-2-1-4-17-5-3-14-8-17/h3,5-8H,1-2,4,13H2,(H,15,16). The number of nitrogen functional groups attached to an aromatic ring is 1. The minimum absolute atomic E-state index is 0.654. The molecule has 0 aliphatic heterocycles. The van der Waals surface area contributed by atoms with Gasteiger partial charge >= 0.3 is 0 Å². The van der Waals surface area contributed by atoms with Crippen LogP contribution in [-0.2, 0) is 6.54 Å². The summed E-state index contributed by atoms with van der Waals surface area (Å²) in [5, 5.41) is 3.26. The molecule has 17 heavy (non-hydrogen) atoms. The third-order valence-electron chi connectivity index (χ3n) is 2.31. The van der Waals surface area contributed by atoms with Crippen molar-refractivity contribution >= 4 is 27.4 Å². The number of hydrogen-bond acceptors (Lipinski definition) is 4. The quantitative estimate of drug-likeness (QED) is 0.829. The second-order valence-electron chi connectivity index (χ2n) is 3.68. The number of aromatic nitrogens is 3.